The van der Waals surface area contributed by atoms with E-state index in [1.807, 2.05) is 11.0 Å². The summed E-state index contributed by atoms with van der Waals surface area (Å²) in [6.07, 6.45) is 12.8. The smallest absolute Gasteiger partial charge is 0.254 e. The van der Waals surface area contributed by atoms with Gasteiger partial charge in [-0.25, -0.2) is 0 Å². The van der Waals surface area contributed by atoms with E-state index >= 15 is 0 Å². The molecule has 2 amide bonds. The third kappa shape index (κ3) is 10.1. The molecular weight excluding hydrogens is 476 g/mol. The Kier molecular flexibility index (Phi) is 13.2. The molecule has 0 saturated heterocycles. The number of hydrogen-bond donors (Lipinski definition) is 2. The average Bonchev–Trinajstić information content (AvgIpc) is 2.93. The lowest BCUT2D eigenvalue weighted by molar-refractivity contribution is -0.121. The van der Waals surface area contributed by atoms with Gasteiger partial charge in [-0.2, -0.15) is 0 Å². The van der Waals surface area contributed by atoms with Gasteiger partial charge in [0.2, 0.25) is 5.91 Å². The summed E-state index contributed by atoms with van der Waals surface area (Å²) in [6, 6.07) is 14.8. The predicted octanol–water partition coefficient (Wildman–Crippen LogP) is 6.40. The summed E-state index contributed by atoms with van der Waals surface area (Å²) in [5, 5.41) is 12.8. The number of rotatable bonds is 17. The van der Waals surface area contributed by atoms with Crippen LogP contribution in [0.2, 0.25) is 0 Å². The first-order valence-electron chi connectivity index (χ1n) is 14.6. The van der Waals surface area contributed by atoms with E-state index in [0.717, 1.165) is 51.5 Å². The van der Waals surface area contributed by atoms with Crippen LogP contribution in [0, 0.1) is 0 Å². The number of phenolic OH excluding ortho intramolecular Hbond substituents is 1. The van der Waals surface area contributed by atoms with Crippen LogP contribution in [0.5, 0.6) is 5.75 Å². The molecule has 3 rings (SSSR count). The van der Waals surface area contributed by atoms with Crippen molar-refractivity contribution in [2.45, 2.75) is 96.6 Å². The Labute approximate surface area is 228 Å². The molecule has 1 heterocycles. The lowest BCUT2D eigenvalue weighted by atomic mass is 9.93. The van der Waals surface area contributed by atoms with Crippen LogP contribution >= 0.6 is 0 Å². The summed E-state index contributed by atoms with van der Waals surface area (Å²) < 4.78 is 6.06. The van der Waals surface area contributed by atoms with Crippen LogP contribution in [0.3, 0.4) is 0 Å². The molecule has 38 heavy (non-hydrogen) atoms. The molecule has 2 aromatic carbocycles. The highest BCUT2D eigenvalue weighted by atomic mass is 16.5. The summed E-state index contributed by atoms with van der Waals surface area (Å²) in [5.41, 5.74) is 2.95. The number of aromatic hydroxyl groups is 1. The highest BCUT2D eigenvalue weighted by Crippen LogP contribution is 2.26. The molecule has 2 aromatic rings. The fourth-order valence-corrected chi connectivity index (χ4v) is 5.04. The van der Waals surface area contributed by atoms with Crippen LogP contribution in [0.4, 0.5) is 0 Å². The van der Waals surface area contributed by atoms with Gasteiger partial charge in [-0.15, -0.1) is 0 Å². The first kappa shape index (κ1) is 29.7. The minimum absolute atomic E-state index is 0.0199. The zero-order chi connectivity index (χ0) is 27.0. The molecule has 0 bridgehead atoms. The molecule has 6 heteroatoms. The quantitative estimate of drug-likeness (QED) is 0.236. The Morgan fingerprint density at radius 2 is 1.63 bits per heavy atom. The Bertz CT molecular complexity index is 993. The number of fused-ring (bicyclic) bond motifs is 1. The van der Waals surface area contributed by atoms with Crippen molar-refractivity contribution in [2.75, 3.05) is 19.8 Å². The first-order valence-corrected chi connectivity index (χ1v) is 14.6. The second kappa shape index (κ2) is 16.9. The highest BCUT2D eigenvalue weighted by Gasteiger charge is 2.30. The zero-order valence-electron chi connectivity index (χ0n) is 23.1. The number of ether oxygens (including phenoxy) is 1. The van der Waals surface area contributed by atoms with Gasteiger partial charge < -0.3 is 20.1 Å². The maximum absolute atomic E-state index is 13.3. The molecule has 6 nitrogen and oxygen atoms in total. The summed E-state index contributed by atoms with van der Waals surface area (Å²) in [6.45, 7) is 4.73. The van der Waals surface area contributed by atoms with Crippen molar-refractivity contribution in [3.05, 3.63) is 65.2 Å². The number of amides is 2. The number of carbonyl (C=O) groups excluding carboxylic acids is 2. The summed E-state index contributed by atoms with van der Waals surface area (Å²) in [4.78, 5) is 26.9. The van der Waals surface area contributed by atoms with Crippen molar-refractivity contribution in [3.63, 3.8) is 0 Å². The minimum atomic E-state index is -0.0684. The van der Waals surface area contributed by atoms with Crippen LogP contribution < -0.4 is 5.32 Å². The second-order valence-corrected chi connectivity index (χ2v) is 10.5. The van der Waals surface area contributed by atoms with E-state index in [-0.39, 0.29) is 23.6 Å². The van der Waals surface area contributed by atoms with Gasteiger partial charge in [0.15, 0.2) is 0 Å². The van der Waals surface area contributed by atoms with Gasteiger partial charge >= 0.3 is 0 Å². The minimum Gasteiger partial charge on any atom is -0.508 e. The maximum atomic E-state index is 13.3. The third-order valence-electron chi connectivity index (χ3n) is 7.31. The fraction of sp³-hybridized carbons (Fsp3) is 0.562. The van der Waals surface area contributed by atoms with Crippen LogP contribution in [0.1, 0.15) is 99.0 Å². The molecule has 0 fully saturated rings. The lowest BCUT2D eigenvalue weighted by Crippen LogP contribution is -2.46. The molecule has 0 saturated carbocycles. The molecule has 208 valence electrons. The second-order valence-electron chi connectivity index (χ2n) is 10.5. The Morgan fingerprint density at radius 3 is 2.37 bits per heavy atom. The highest BCUT2D eigenvalue weighted by molar-refractivity contribution is 5.95. The molecule has 1 atom stereocenters. The molecule has 0 spiro atoms. The van der Waals surface area contributed by atoms with E-state index in [4.69, 9.17) is 4.74 Å². The summed E-state index contributed by atoms with van der Waals surface area (Å²) >= 11 is 0. The number of carbonyl (C=O) groups is 2. The van der Waals surface area contributed by atoms with Crippen molar-refractivity contribution >= 4 is 11.8 Å². The number of hydrogen-bond acceptors (Lipinski definition) is 4. The monoisotopic (exact) mass is 522 g/mol. The van der Waals surface area contributed by atoms with Gasteiger partial charge in [0.1, 0.15) is 5.75 Å². The van der Waals surface area contributed by atoms with Gasteiger partial charge in [-0.05, 0) is 55.0 Å². The topological polar surface area (TPSA) is 78.9 Å². The third-order valence-corrected chi connectivity index (χ3v) is 7.31. The van der Waals surface area contributed by atoms with Crippen molar-refractivity contribution in [3.8, 4) is 5.75 Å². The molecule has 1 aliphatic rings. The van der Waals surface area contributed by atoms with Gasteiger partial charge in [0.25, 0.3) is 5.91 Å². The van der Waals surface area contributed by atoms with Crippen molar-refractivity contribution < 1.29 is 19.4 Å². The zero-order valence-corrected chi connectivity index (χ0v) is 23.1. The van der Waals surface area contributed by atoms with Gasteiger partial charge in [0.05, 0.1) is 12.6 Å². The largest absolute Gasteiger partial charge is 0.508 e. The Balaban J connectivity index is 1.30. The van der Waals surface area contributed by atoms with Crippen molar-refractivity contribution in [1.82, 2.24) is 10.2 Å². The SMILES string of the molecule is CCCCNC(=O)CCCCCCCCCCOC[C@@H]1Cc2ccccc2CN1C(=O)c1cccc(O)c1. The van der Waals surface area contributed by atoms with Crippen LogP contribution in [-0.2, 0) is 22.5 Å². The summed E-state index contributed by atoms with van der Waals surface area (Å²) in [7, 11) is 0. The van der Waals surface area contributed by atoms with Gasteiger partial charge in [0, 0.05) is 31.7 Å². The van der Waals surface area contributed by atoms with E-state index in [9.17, 15) is 14.7 Å². The van der Waals surface area contributed by atoms with E-state index in [2.05, 4.69) is 30.4 Å². The van der Waals surface area contributed by atoms with Crippen molar-refractivity contribution in [2.24, 2.45) is 0 Å². The van der Waals surface area contributed by atoms with Crippen LogP contribution in [0.15, 0.2) is 48.5 Å². The number of nitrogens with zero attached hydrogens (tertiary/aromatic N) is 1. The molecule has 0 aromatic heterocycles. The number of nitrogens with one attached hydrogen (secondary N) is 1. The Morgan fingerprint density at radius 1 is 0.921 bits per heavy atom. The lowest BCUT2D eigenvalue weighted by Gasteiger charge is -2.37. The van der Waals surface area contributed by atoms with E-state index in [1.54, 1.807) is 18.2 Å². The van der Waals surface area contributed by atoms with Crippen LogP contribution in [-0.4, -0.2) is 47.6 Å². The molecule has 0 unspecified atom stereocenters. The number of unbranched alkanes of at least 4 members (excludes halogenated alkanes) is 8. The summed E-state index contributed by atoms with van der Waals surface area (Å²) in [5.74, 6) is 0.232. The normalized spacial score (nSPS) is 14.8. The molecule has 0 radical (unpaired) electrons. The predicted molar refractivity (Wildman–Crippen MR) is 152 cm³/mol. The van der Waals surface area contributed by atoms with E-state index < -0.39 is 0 Å². The fourth-order valence-electron chi connectivity index (χ4n) is 5.04. The molecular formula is C32H46N2O4. The Hall–Kier alpha value is -2.86. The van der Waals surface area contributed by atoms with Gasteiger partial charge in [-0.3, -0.25) is 9.59 Å². The average molecular weight is 523 g/mol. The first-order chi connectivity index (χ1) is 18.6. The number of benzene rings is 2. The number of phenols is 1. The standard InChI is InChI=1S/C32H46N2O4/c1-2-3-20-33-31(36)19-10-8-6-4-5-7-9-13-21-38-25-29-22-26-15-11-12-16-28(26)24-34(29)32(37)27-17-14-18-30(35)23-27/h11-12,14-18,23,29,35H,2-10,13,19-22,24-25H2,1H3,(H,33,36)/t29-/m0/s1. The van der Waals surface area contributed by atoms with E-state index in [1.165, 1.54) is 42.9 Å². The van der Waals surface area contributed by atoms with Gasteiger partial charge in [-0.1, -0.05) is 82.2 Å². The van der Waals surface area contributed by atoms with Crippen LogP contribution in [0.25, 0.3) is 0 Å². The molecule has 2 N–H and O–H groups in total. The van der Waals surface area contributed by atoms with Crippen molar-refractivity contribution in [1.29, 1.82) is 0 Å². The molecule has 0 aliphatic carbocycles. The molecule has 1 aliphatic heterocycles. The maximum Gasteiger partial charge on any atom is 0.254 e. The van der Waals surface area contributed by atoms with E-state index in [0.29, 0.717) is 31.7 Å².